The number of amides is 2. The summed E-state index contributed by atoms with van der Waals surface area (Å²) in [6.07, 6.45) is 8.62. The number of piperidine rings is 2. The third-order valence-corrected chi connectivity index (χ3v) is 5.75. The number of nitrogens with zero attached hydrogens (tertiary/aromatic N) is 4. The van der Waals surface area contributed by atoms with E-state index in [9.17, 15) is 9.59 Å². The number of carbonyl (C=O) groups excluding carboxylic acids is 2. The monoisotopic (exact) mass is 367 g/mol. The van der Waals surface area contributed by atoms with Crippen molar-refractivity contribution >= 4 is 11.8 Å². The Hall–Kier alpha value is -2.70. The summed E-state index contributed by atoms with van der Waals surface area (Å²) in [6.45, 7) is 2.86. The molecule has 2 fully saturated rings. The fourth-order valence-corrected chi connectivity index (χ4v) is 4.19. The lowest BCUT2D eigenvalue weighted by molar-refractivity contribution is -0.138. The van der Waals surface area contributed by atoms with Gasteiger partial charge in [-0.15, -0.1) is 0 Å². The van der Waals surface area contributed by atoms with Crippen LogP contribution in [-0.2, 0) is 4.79 Å². The molecule has 4 heterocycles. The number of likely N-dealkylation sites (tertiary alicyclic amines) is 2. The smallest absolute Gasteiger partial charge is 0.253 e. The molecule has 4 rings (SSSR count). The van der Waals surface area contributed by atoms with Crippen LogP contribution in [0.15, 0.2) is 36.8 Å². The van der Waals surface area contributed by atoms with Gasteiger partial charge in [0.05, 0.1) is 0 Å². The molecule has 0 spiro atoms. The molecule has 1 N–H and O–H groups in total. The Labute approximate surface area is 158 Å². The Morgan fingerprint density at radius 1 is 0.963 bits per heavy atom. The van der Waals surface area contributed by atoms with E-state index in [4.69, 9.17) is 0 Å². The van der Waals surface area contributed by atoms with E-state index in [1.165, 1.54) is 0 Å². The molecule has 142 valence electrons. The maximum absolute atomic E-state index is 13.0. The van der Waals surface area contributed by atoms with Crippen molar-refractivity contribution in [1.29, 1.82) is 0 Å². The summed E-state index contributed by atoms with van der Waals surface area (Å²) in [6, 6.07) is 5.48. The lowest BCUT2D eigenvalue weighted by Crippen LogP contribution is -2.47. The zero-order chi connectivity index (χ0) is 18.6. The van der Waals surface area contributed by atoms with Crippen molar-refractivity contribution in [3.63, 3.8) is 0 Å². The summed E-state index contributed by atoms with van der Waals surface area (Å²) in [4.78, 5) is 33.4. The zero-order valence-electron chi connectivity index (χ0n) is 15.4. The number of H-pyrrole nitrogens is 1. The first-order valence-electron chi connectivity index (χ1n) is 9.69. The number of aromatic amines is 1. The molecule has 2 saturated heterocycles. The SMILES string of the molecule is O=C(c1ccncc1)N1CCC(C(=O)N2CCC[C@@H](c3ccn[nH]3)C2)CC1. The molecule has 7 heteroatoms. The number of pyridine rings is 1. The first-order chi connectivity index (χ1) is 13.2. The van der Waals surface area contributed by atoms with Crippen molar-refractivity contribution in [2.24, 2.45) is 5.92 Å². The average molecular weight is 367 g/mol. The summed E-state index contributed by atoms with van der Waals surface area (Å²) >= 11 is 0. The van der Waals surface area contributed by atoms with Crippen LogP contribution >= 0.6 is 0 Å². The molecule has 0 unspecified atom stereocenters. The molecule has 27 heavy (non-hydrogen) atoms. The minimum absolute atomic E-state index is 0.0204. The third kappa shape index (κ3) is 3.86. The molecule has 0 radical (unpaired) electrons. The standard InChI is InChI=1S/C20H25N5O2/c26-19(15-3-8-21-9-4-15)24-12-6-16(7-13-24)20(27)25-11-1-2-17(14-25)18-5-10-22-23-18/h3-5,8-10,16-17H,1-2,6-7,11-14H2,(H,22,23)/t17-/m1/s1. The summed E-state index contributed by atoms with van der Waals surface area (Å²) in [7, 11) is 0. The summed E-state index contributed by atoms with van der Waals surface area (Å²) in [5.41, 5.74) is 1.78. The van der Waals surface area contributed by atoms with Gasteiger partial charge in [-0.2, -0.15) is 5.10 Å². The van der Waals surface area contributed by atoms with Crippen LogP contribution in [0.4, 0.5) is 0 Å². The number of carbonyl (C=O) groups is 2. The first kappa shape index (κ1) is 17.7. The molecule has 2 aromatic rings. The minimum Gasteiger partial charge on any atom is -0.342 e. The molecule has 2 aromatic heterocycles. The van der Waals surface area contributed by atoms with E-state index < -0.39 is 0 Å². The van der Waals surface area contributed by atoms with Gasteiger partial charge in [0.2, 0.25) is 5.91 Å². The van der Waals surface area contributed by atoms with Crippen LogP contribution in [-0.4, -0.2) is 63.0 Å². The molecule has 0 saturated carbocycles. The predicted octanol–water partition coefficient (Wildman–Crippen LogP) is 2.06. The number of hydrogen-bond donors (Lipinski definition) is 1. The molecular formula is C20H25N5O2. The van der Waals surface area contributed by atoms with E-state index in [1.54, 1.807) is 30.7 Å². The van der Waals surface area contributed by atoms with Gasteiger partial charge in [-0.05, 0) is 43.9 Å². The maximum Gasteiger partial charge on any atom is 0.253 e. The summed E-state index contributed by atoms with van der Waals surface area (Å²) in [5.74, 6) is 0.640. The van der Waals surface area contributed by atoms with Crippen molar-refractivity contribution in [1.82, 2.24) is 25.0 Å². The molecule has 2 aliphatic heterocycles. The molecule has 0 aliphatic carbocycles. The van der Waals surface area contributed by atoms with Crippen LogP contribution in [0.25, 0.3) is 0 Å². The van der Waals surface area contributed by atoms with Gasteiger partial charge in [0.15, 0.2) is 0 Å². The van der Waals surface area contributed by atoms with Gasteiger partial charge in [0.25, 0.3) is 5.91 Å². The van der Waals surface area contributed by atoms with Crippen molar-refractivity contribution in [3.05, 3.63) is 48.0 Å². The van der Waals surface area contributed by atoms with E-state index in [0.29, 0.717) is 24.6 Å². The summed E-state index contributed by atoms with van der Waals surface area (Å²) < 4.78 is 0. The number of nitrogens with one attached hydrogen (secondary N) is 1. The Morgan fingerprint density at radius 2 is 1.74 bits per heavy atom. The first-order valence-corrected chi connectivity index (χ1v) is 9.69. The number of aromatic nitrogens is 3. The maximum atomic E-state index is 13.0. The van der Waals surface area contributed by atoms with Gasteiger partial charge < -0.3 is 9.80 Å². The molecular weight excluding hydrogens is 342 g/mol. The number of rotatable bonds is 3. The highest BCUT2D eigenvalue weighted by atomic mass is 16.2. The van der Waals surface area contributed by atoms with Gasteiger partial charge in [-0.3, -0.25) is 19.7 Å². The van der Waals surface area contributed by atoms with Crippen molar-refractivity contribution < 1.29 is 9.59 Å². The van der Waals surface area contributed by atoms with Gasteiger partial charge in [-0.1, -0.05) is 0 Å². The second-order valence-electron chi connectivity index (χ2n) is 7.44. The number of hydrogen-bond acceptors (Lipinski definition) is 4. The van der Waals surface area contributed by atoms with E-state index in [2.05, 4.69) is 15.2 Å². The lowest BCUT2D eigenvalue weighted by atomic mass is 9.91. The van der Waals surface area contributed by atoms with Gasteiger partial charge >= 0.3 is 0 Å². The average Bonchev–Trinajstić information content (AvgIpc) is 3.29. The highest BCUT2D eigenvalue weighted by Crippen LogP contribution is 2.28. The second kappa shape index (κ2) is 7.90. The van der Waals surface area contributed by atoms with Gasteiger partial charge in [0.1, 0.15) is 0 Å². The fraction of sp³-hybridized carbons (Fsp3) is 0.500. The molecule has 0 aromatic carbocycles. The molecule has 1 atom stereocenters. The topological polar surface area (TPSA) is 82.2 Å². The summed E-state index contributed by atoms with van der Waals surface area (Å²) in [5, 5.41) is 7.08. The van der Waals surface area contributed by atoms with E-state index in [-0.39, 0.29) is 17.7 Å². The fourth-order valence-electron chi connectivity index (χ4n) is 4.19. The quantitative estimate of drug-likeness (QED) is 0.900. The second-order valence-corrected chi connectivity index (χ2v) is 7.44. The van der Waals surface area contributed by atoms with Crippen LogP contribution in [0.5, 0.6) is 0 Å². The van der Waals surface area contributed by atoms with Gasteiger partial charge in [-0.25, -0.2) is 0 Å². The van der Waals surface area contributed by atoms with Gasteiger partial charge in [0, 0.05) is 67.9 Å². The zero-order valence-corrected chi connectivity index (χ0v) is 15.4. The van der Waals surface area contributed by atoms with Crippen LogP contribution in [0.3, 0.4) is 0 Å². The Bertz CT molecular complexity index is 769. The van der Waals surface area contributed by atoms with E-state index >= 15 is 0 Å². The highest BCUT2D eigenvalue weighted by Gasteiger charge is 2.33. The Balaban J connectivity index is 1.32. The molecule has 2 amide bonds. The highest BCUT2D eigenvalue weighted by molar-refractivity contribution is 5.94. The molecule has 0 bridgehead atoms. The van der Waals surface area contributed by atoms with Crippen LogP contribution in [0.2, 0.25) is 0 Å². The Morgan fingerprint density at radius 3 is 2.44 bits per heavy atom. The molecule has 7 nitrogen and oxygen atoms in total. The Kier molecular flexibility index (Phi) is 5.18. The third-order valence-electron chi connectivity index (χ3n) is 5.75. The van der Waals surface area contributed by atoms with Crippen LogP contribution in [0.1, 0.15) is 47.7 Å². The minimum atomic E-state index is 0.0204. The normalized spacial score (nSPS) is 21.3. The molecule has 2 aliphatic rings. The van der Waals surface area contributed by atoms with Crippen LogP contribution < -0.4 is 0 Å². The van der Waals surface area contributed by atoms with E-state index in [1.807, 2.05) is 15.9 Å². The predicted molar refractivity (Wildman–Crippen MR) is 100 cm³/mol. The van der Waals surface area contributed by atoms with Crippen LogP contribution in [0, 0.1) is 5.92 Å². The largest absolute Gasteiger partial charge is 0.342 e. The van der Waals surface area contributed by atoms with Crippen molar-refractivity contribution in [2.45, 2.75) is 31.6 Å². The van der Waals surface area contributed by atoms with Crippen molar-refractivity contribution in [3.8, 4) is 0 Å². The lowest BCUT2D eigenvalue weighted by Gasteiger charge is -2.37. The van der Waals surface area contributed by atoms with E-state index in [0.717, 1.165) is 44.5 Å². The van der Waals surface area contributed by atoms with Crippen molar-refractivity contribution in [2.75, 3.05) is 26.2 Å².